The Balaban J connectivity index is 1.37. The van der Waals surface area contributed by atoms with Gasteiger partial charge in [-0.3, -0.25) is 9.59 Å². The molecule has 1 saturated heterocycles. The van der Waals surface area contributed by atoms with Gasteiger partial charge in [0, 0.05) is 40.9 Å². The van der Waals surface area contributed by atoms with E-state index < -0.39 is 0 Å². The fourth-order valence-electron chi connectivity index (χ4n) is 4.30. The number of nitrogens with zero attached hydrogens (tertiary/aromatic N) is 1. The van der Waals surface area contributed by atoms with Gasteiger partial charge in [0.25, 0.3) is 5.91 Å². The molecule has 3 aromatic rings. The first kappa shape index (κ1) is 23.4. The Morgan fingerprint density at radius 2 is 1.91 bits per heavy atom. The van der Waals surface area contributed by atoms with Crippen molar-refractivity contribution in [1.29, 1.82) is 0 Å². The molecule has 1 aliphatic heterocycles. The van der Waals surface area contributed by atoms with Crippen molar-refractivity contribution in [3.05, 3.63) is 64.3 Å². The number of likely N-dealkylation sites (tertiary alicyclic amines) is 1. The molecule has 0 saturated carbocycles. The van der Waals surface area contributed by atoms with Gasteiger partial charge in [-0.1, -0.05) is 18.2 Å². The van der Waals surface area contributed by atoms with E-state index in [1.54, 1.807) is 6.07 Å². The third-order valence-electron chi connectivity index (χ3n) is 6.18. The van der Waals surface area contributed by atoms with Crippen molar-refractivity contribution in [2.75, 3.05) is 32.1 Å². The van der Waals surface area contributed by atoms with Crippen molar-refractivity contribution in [1.82, 2.24) is 4.90 Å². The maximum atomic E-state index is 14.4. The summed E-state index contributed by atoms with van der Waals surface area (Å²) in [4.78, 5) is 27.1. The number of carbonyl (C=O) groups is 2. The second-order valence-electron chi connectivity index (χ2n) is 8.38. The molecule has 4 rings (SSSR count). The molecular formula is C25H28FN3O3S. The summed E-state index contributed by atoms with van der Waals surface area (Å²) in [7, 11) is 1.53. The number of ether oxygens (including phenoxy) is 1. The highest BCUT2D eigenvalue weighted by Gasteiger charge is 2.23. The largest absolute Gasteiger partial charge is 0.380 e. The molecule has 3 N–H and O–H groups in total. The Labute approximate surface area is 196 Å². The lowest BCUT2D eigenvalue weighted by Crippen LogP contribution is -2.39. The minimum atomic E-state index is -0.349. The molecule has 0 spiro atoms. The zero-order valence-corrected chi connectivity index (χ0v) is 19.4. The average molecular weight is 470 g/mol. The van der Waals surface area contributed by atoms with Crippen LogP contribution in [0.2, 0.25) is 0 Å². The molecule has 1 aliphatic rings. The highest BCUT2D eigenvalue weighted by molar-refractivity contribution is 7.21. The molecule has 2 heterocycles. The first-order valence-corrected chi connectivity index (χ1v) is 11.9. The van der Waals surface area contributed by atoms with Crippen LogP contribution in [-0.2, 0) is 22.6 Å². The van der Waals surface area contributed by atoms with Crippen molar-refractivity contribution < 1.29 is 18.7 Å². The minimum Gasteiger partial charge on any atom is -0.380 e. The number of hydrogen-bond donors (Lipinski definition) is 2. The fraction of sp³-hybridized carbons (Fsp3) is 0.360. The zero-order valence-electron chi connectivity index (χ0n) is 18.6. The fourth-order valence-corrected chi connectivity index (χ4v) is 5.42. The first-order valence-electron chi connectivity index (χ1n) is 11.1. The third-order valence-corrected chi connectivity index (χ3v) is 7.37. The third kappa shape index (κ3) is 5.40. The molecule has 1 aromatic heterocycles. The lowest BCUT2D eigenvalue weighted by Gasteiger charge is -2.30. The Kier molecular flexibility index (Phi) is 7.37. The number of amides is 2. The number of primary amides is 1. The van der Waals surface area contributed by atoms with Crippen molar-refractivity contribution in [3.8, 4) is 0 Å². The van der Waals surface area contributed by atoms with Crippen molar-refractivity contribution >= 4 is 38.9 Å². The summed E-state index contributed by atoms with van der Waals surface area (Å²) in [6, 6.07) is 12.6. The molecule has 8 heteroatoms. The number of anilines is 1. The first-order chi connectivity index (χ1) is 16.0. The molecule has 0 atom stereocenters. The SMILES string of the molecule is COCc1c(C(=O)Nc2ccc(CCN3CCC(C(N)=O)CC3)cc2)sc2cccc(F)c12. The number of carbonyl (C=O) groups excluding carboxylic acids is 2. The molecular weight excluding hydrogens is 441 g/mol. The van der Waals surface area contributed by atoms with Gasteiger partial charge in [0.15, 0.2) is 0 Å². The second kappa shape index (κ2) is 10.4. The van der Waals surface area contributed by atoms with Crippen LogP contribution in [0.15, 0.2) is 42.5 Å². The Hall–Kier alpha value is -2.81. The molecule has 0 aliphatic carbocycles. The number of benzene rings is 2. The summed E-state index contributed by atoms with van der Waals surface area (Å²) in [5.41, 5.74) is 7.84. The molecule has 0 bridgehead atoms. The van der Waals surface area contributed by atoms with E-state index in [9.17, 15) is 14.0 Å². The summed E-state index contributed by atoms with van der Waals surface area (Å²) in [6.07, 6.45) is 2.54. The average Bonchev–Trinajstić information content (AvgIpc) is 3.19. The Morgan fingerprint density at radius 3 is 2.58 bits per heavy atom. The van der Waals surface area contributed by atoms with Crippen molar-refractivity contribution in [2.45, 2.75) is 25.9 Å². The summed E-state index contributed by atoms with van der Waals surface area (Å²) in [6.45, 7) is 2.87. The van der Waals surface area contributed by atoms with Crippen LogP contribution >= 0.6 is 11.3 Å². The molecule has 0 unspecified atom stereocenters. The lowest BCUT2D eigenvalue weighted by molar-refractivity contribution is -0.123. The summed E-state index contributed by atoms with van der Waals surface area (Å²) >= 11 is 1.27. The topological polar surface area (TPSA) is 84.7 Å². The molecule has 1 fully saturated rings. The summed E-state index contributed by atoms with van der Waals surface area (Å²) < 4.78 is 20.3. The molecule has 0 radical (unpaired) electrons. The van der Waals surface area contributed by atoms with Crippen molar-refractivity contribution in [2.24, 2.45) is 11.7 Å². The molecule has 2 amide bonds. The highest BCUT2D eigenvalue weighted by Crippen LogP contribution is 2.34. The standard InChI is InChI=1S/C25H28FN3O3S/c1-32-15-19-22-20(26)3-2-4-21(22)33-23(19)25(31)28-18-7-5-16(6-8-18)9-12-29-13-10-17(11-14-29)24(27)30/h2-8,17H,9-15H2,1H3,(H2,27,30)(H,28,31). The molecule has 2 aromatic carbocycles. The van der Waals surface area contributed by atoms with E-state index in [4.69, 9.17) is 10.5 Å². The van der Waals surface area contributed by atoms with E-state index in [-0.39, 0.29) is 30.2 Å². The van der Waals surface area contributed by atoms with Gasteiger partial charge in [-0.2, -0.15) is 0 Å². The van der Waals surface area contributed by atoms with Gasteiger partial charge >= 0.3 is 0 Å². The van der Waals surface area contributed by atoms with E-state index in [2.05, 4.69) is 10.2 Å². The predicted molar refractivity (Wildman–Crippen MR) is 129 cm³/mol. The van der Waals surface area contributed by atoms with Crippen LogP contribution in [0.3, 0.4) is 0 Å². The molecule has 33 heavy (non-hydrogen) atoms. The van der Waals surface area contributed by atoms with Crippen LogP contribution in [0.1, 0.15) is 33.6 Å². The minimum absolute atomic E-state index is 0.00554. The van der Waals surface area contributed by atoms with Gasteiger partial charge in [0.05, 0.1) is 11.5 Å². The number of halogens is 1. The maximum Gasteiger partial charge on any atom is 0.266 e. The van der Waals surface area contributed by atoms with Crippen molar-refractivity contribution in [3.63, 3.8) is 0 Å². The van der Waals surface area contributed by atoms with E-state index in [1.807, 2.05) is 30.3 Å². The number of nitrogens with two attached hydrogens (primary N) is 1. The molecule has 174 valence electrons. The number of nitrogens with one attached hydrogen (secondary N) is 1. The highest BCUT2D eigenvalue weighted by atomic mass is 32.1. The number of thiophene rings is 1. The van der Waals surface area contributed by atoms with Gasteiger partial charge in [-0.25, -0.2) is 4.39 Å². The quantitative estimate of drug-likeness (QED) is 0.518. The van der Waals surface area contributed by atoms with Crippen LogP contribution in [0, 0.1) is 11.7 Å². The smallest absolute Gasteiger partial charge is 0.266 e. The normalized spacial score (nSPS) is 15.1. The lowest BCUT2D eigenvalue weighted by atomic mass is 9.96. The number of rotatable bonds is 8. The number of hydrogen-bond acceptors (Lipinski definition) is 5. The van der Waals surface area contributed by atoms with Gasteiger partial charge < -0.3 is 20.7 Å². The van der Waals surface area contributed by atoms with E-state index >= 15 is 0 Å². The van der Waals surface area contributed by atoms with Crippen LogP contribution in [0.25, 0.3) is 10.1 Å². The second-order valence-corrected chi connectivity index (χ2v) is 9.43. The van der Waals surface area contributed by atoms with Gasteiger partial charge in [0.1, 0.15) is 5.82 Å². The van der Waals surface area contributed by atoms with Gasteiger partial charge in [0.2, 0.25) is 5.91 Å². The summed E-state index contributed by atoms with van der Waals surface area (Å²) in [5.74, 6) is -0.806. The monoisotopic (exact) mass is 469 g/mol. The summed E-state index contributed by atoms with van der Waals surface area (Å²) in [5, 5.41) is 3.37. The van der Waals surface area contributed by atoms with Crippen LogP contribution in [-0.4, -0.2) is 43.5 Å². The predicted octanol–water partition coefficient (Wildman–Crippen LogP) is 4.18. The number of methoxy groups -OCH3 is 1. The van der Waals surface area contributed by atoms with Crippen LogP contribution in [0.5, 0.6) is 0 Å². The van der Waals surface area contributed by atoms with Crippen LogP contribution in [0.4, 0.5) is 10.1 Å². The van der Waals surface area contributed by atoms with E-state index in [0.717, 1.165) is 43.6 Å². The maximum absolute atomic E-state index is 14.4. The molecule has 6 nitrogen and oxygen atoms in total. The Bertz CT molecular complexity index is 1140. The van der Waals surface area contributed by atoms with Gasteiger partial charge in [-0.05, 0) is 62.2 Å². The van der Waals surface area contributed by atoms with E-state index in [1.165, 1.54) is 30.1 Å². The van der Waals surface area contributed by atoms with Crippen LogP contribution < -0.4 is 11.1 Å². The van der Waals surface area contributed by atoms with E-state index in [0.29, 0.717) is 21.5 Å². The Morgan fingerprint density at radius 1 is 1.18 bits per heavy atom. The zero-order chi connectivity index (χ0) is 23.4. The number of fused-ring (bicyclic) bond motifs is 1. The van der Waals surface area contributed by atoms with Gasteiger partial charge in [-0.15, -0.1) is 11.3 Å². The number of piperidine rings is 1.